The lowest BCUT2D eigenvalue weighted by Crippen LogP contribution is -2.42. The number of hydrogen-bond donors (Lipinski definition) is 1. The van der Waals surface area contributed by atoms with Crippen LogP contribution in [0.25, 0.3) is 0 Å². The molecule has 1 N–H and O–H groups in total. The second-order valence-corrected chi connectivity index (χ2v) is 6.35. The second kappa shape index (κ2) is 8.00. The number of rotatable bonds is 5. The molecule has 126 valence electrons. The summed E-state index contributed by atoms with van der Waals surface area (Å²) in [5, 5.41) is 2.33. The van der Waals surface area contributed by atoms with Gasteiger partial charge in [-0.05, 0) is 43.6 Å². The van der Waals surface area contributed by atoms with Crippen LogP contribution in [-0.2, 0) is 14.3 Å². The molecule has 23 heavy (non-hydrogen) atoms. The summed E-state index contributed by atoms with van der Waals surface area (Å²) in [6, 6.07) is -0.946. The highest BCUT2D eigenvalue weighted by Crippen LogP contribution is 2.07. The zero-order chi connectivity index (χ0) is 17.6. The Balaban J connectivity index is 2.45. The summed E-state index contributed by atoms with van der Waals surface area (Å²) in [6.07, 6.45) is 1.89. The normalized spacial score (nSPS) is 12.2. The number of aromatic nitrogens is 2. The molecule has 0 saturated carbocycles. The predicted molar refractivity (Wildman–Crippen MR) is 83.9 cm³/mol. The molecule has 9 heteroatoms. The number of hydrogen-bond acceptors (Lipinski definition) is 7. The highest BCUT2D eigenvalue weighted by molar-refractivity contribution is 9.10. The summed E-state index contributed by atoms with van der Waals surface area (Å²) in [5.41, 5.74) is -0.459. The third-order valence-electron chi connectivity index (χ3n) is 2.37. The van der Waals surface area contributed by atoms with E-state index >= 15 is 0 Å². The third kappa shape index (κ3) is 7.18. The number of carbonyl (C=O) groups excluding carboxylic acids is 3. The minimum absolute atomic E-state index is 0.216. The van der Waals surface area contributed by atoms with Gasteiger partial charge in [-0.25, -0.2) is 19.6 Å². The molecule has 0 unspecified atom stereocenters. The van der Waals surface area contributed by atoms with E-state index in [1.165, 1.54) is 19.3 Å². The van der Waals surface area contributed by atoms with Gasteiger partial charge in [-0.3, -0.25) is 4.79 Å². The molecule has 0 aromatic carbocycles. The topological polar surface area (TPSA) is 107 Å². The minimum atomic E-state index is -0.946. The van der Waals surface area contributed by atoms with E-state index in [-0.39, 0.29) is 5.56 Å². The van der Waals surface area contributed by atoms with E-state index in [0.29, 0.717) is 4.73 Å². The minimum Gasteiger partial charge on any atom is -0.456 e. The molecule has 1 amide bonds. The van der Waals surface area contributed by atoms with Crippen LogP contribution in [0.2, 0.25) is 0 Å². The number of Topliss-reactive ketones (excluding diaryl/α,β-unsaturated/α-hetero) is 1. The molecule has 0 spiro atoms. The molecule has 1 atom stereocenters. The summed E-state index contributed by atoms with van der Waals surface area (Å²) >= 11 is 3.05. The SMILES string of the molecule is C[C@H](NC(=O)OC(C)(C)C)C(=O)OCC(=O)c1cnc(Br)nc1. The van der Waals surface area contributed by atoms with Gasteiger partial charge in [0.2, 0.25) is 5.78 Å². The van der Waals surface area contributed by atoms with Crippen molar-refractivity contribution < 1.29 is 23.9 Å². The number of nitrogens with one attached hydrogen (secondary N) is 1. The van der Waals surface area contributed by atoms with Gasteiger partial charge in [-0.15, -0.1) is 0 Å². The Morgan fingerprint density at radius 2 is 1.83 bits per heavy atom. The van der Waals surface area contributed by atoms with Crippen molar-refractivity contribution >= 4 is 33.8 Å². The lowest BCUT2D eigenvalue weighted by molar-refractivity contribution is -0.144. The Kier molecular flexibility index (Phi) is 6.62. The number of nitrogens with zero attached hydrogens (tertiary/aromatic N) is 2. The van der Waals surface area contributed by atoms with Gasteiger partial charge in [0.15, 0.2) is 11.3 Å². The van der Waals surface area contributed by atoms with Gasteiger partial charge in [0, 0.05) is 12.4 Å². The summed E-state index contributed by atoms with van der Waals surface area (Å²) in [5.74, 6) is -1.20. The van der Waals surface area contributed by atoms with Gasteiger partial charge in [-0.1, -0.05) is 0 Å². The van der Waals surface area contributed by atoms with Gasteiger partial charge in [0.1, 0.15) is 11.6 Å². The largest absolute Gasteiger partial charge is 0.456 e. The molecule has 1 heterocycles. The van der Waals surface area contributed by atoms with Crippen LogP contribution in [0.1, 0.15) is 38.1 Å². The molecule has 0 radical (unpaired) electrons. The molecule has 1 rings (SSSR count). The van der Waals surface area contributed by atoms with Crippen molar-refractivity contribution in [2.24, 2.45) is 0 Å². The monoisotopic (exact) mass is 387 g/mol. The van der Waals surface area contributed by atoms with Crippen molar-refractivity contribution in [2.75, 3.05) is 6.61 Å². The van der Waals surface area contributed by atoms with E-state index in [1.54, 1.807) is 20.8 Å². The Labute approximate surface area is 142 Å². The maximum absolute atomic E-state index is 11.8. The van der Waals surface area contributed by atoms with Crippen LogP contribution in [0.3, 0.4) is 0 Å². The van der Waals surface area contributed by atoms with Crippen LogP contribution in [0, 0.1) is 0 Å². The fraction of sp³-hybridized carbons (Fsp3) is 0.500. The molecule has 0 bridgehead atoms. The Morgan fingerprint density at radius 3 is 2.35 bits per heavy atom. The molecule has 1 aromatic heterocycles. The van der Waals surface area contributed by atoms with E-state index in [9.17, 15) is 14.4 Å². The fourth-order valence-electron chi connectivity index (χ4n) is 1.34. The summed E-state index contributed by atoms with van der Waals surface area (Å²) in [7, 11) is 0. The van der Waals surface area contributed by atoms with Gasteiger partial charge >= 0.3 is 12.1 Å². The van der Waals surface area contributed by atoms with Gasteiger partial charge < -0.3 is 14.8 Å². The first-order chi connectivity index (χ1) is 10.6. The van der Waals surface area contributed by atoms with Gasteiger partial charge in [0.05, 0.1) is 5.56 Å². The highest BCUT2D eigenvalue weighted by atomic mass is 79.9. The molecular weight excluding hydrogens is 370 g/mol. The maximum Gasteiger partial charge on any atom is 0.408 e. The van der Waals surface area contributed by atoms with Crippen LogP contribution in [0.15, 0.2) is 17.1 Å². The number of carbonyl (C=O) groups is 3. The average Bonchev–Trinajstić information content (AvgIpc) is 2.42. The van der Waals surface area contributed by atoms with Gasteiger partial charge in [-0.2, -0.15) is 0 Å². The molecule has 0 saturated heterocycles. The van der Waals surface area contributed by atoms with E-state index in [4.69, 9.17) is 9.47 Å². The van der Waals surface area contributed by atoms with Crippen molar-refractivity contribution in [1.29, 1.82) is 0 Å². The summed E-state index contributed by atoms with van der Waals surface area (Å²) < 4.78 is 10.2. The Bertz CT molecular complexity index is 583. The number of ether oxygens (including phenoxy) is 2. The quantitative estimate of drug-likeness (QED) is 0.466. The molecule has 1 aromatic rings. The van der Waals surface area contributed by atoms with Crippen molar-refractivity contribution in [3.8, 4) is 0 Å². The highest BCUT2D eigenvalue weighted by Gasteiger charge is 2.22. The average molecular weight is 388 g/mol. The van der Waals surface area contributed by atoms with E-state index in [1.807, 2.05) is 0 Å². The lowest BCUT2D eigenvalue weighted by Gasteiger charge is -2.21. The van der Waals surface area contributed by atoms with Crippen LogP contribution in [0.4, 0.5) is 4.79 Å². The molecule has 8 nitrogen and oxygen atoms in total. The Hall–Kier alpha value is -2.03. The van der Waals surface area contributed by atoms with Crippen LogP contribution in [-0.4, -0.2) is 46.1 Å². The molecule has 0 aliphatic rings. The number of alkyl carbamates (subject to hydrolysis) is 1. The summed E-state index contributed by atoms with van der Waals surface area (Å²) in [4.78, 5) is 42.7. The third-order valence-corrected chi connectivity index (χ3v) is 2.78. The first kappa shape index (κ1) is 19.0. The predicted octanol–water partition coefficient (Wildman–Crippen LogP) is 1.88. The van der Waals surface area contributed by atoms with E-state index in [0.717, 1.165) is 0 Å². The van der Waals surface area contributed by atoms with Crippen LogP contribution >= 0.6 is 15.9 Å². The molecule has 0 fully saturated rings. The van der Waals surface area contributed by atoms with Crippen molar-refractivity contribution in [3.63, 3.8) is 0 Å². The standard InChI is InChI=1S/C14H18BrN3O5/c1-8(18-13(21)23-14(2,3)4)11(20)22-7-10(19)9-5-16-12(15)17-6-9/h5-6,8H,7H2,1-4H3,(H,18,21)/t8-/m0/s1. The molecular formula is C14H18BrN3O5. The van der Waals surface area contributed by atoms with Crippen molar-refractivity contribution in [2.45, 2.75) is 39.3 Å². The zero-order valence-corrected chi connectivity index (χ0v) is 14.8. The van der Waals surface area contributed by atoms with Crippen LogP contribution < -0.4 is 5.32 Å². The maximum atomic E-state index is 11.8. The van der Waals surface area contributed by atoms with E-state index in [2.05, 4.69) is 31.2 Å². The summed E-state index contributed by atoms with van der Waals surface area (Å²) in [6.45, 7) is 6.07. The van der Waals surface area contributed by atoms with E-state index < -0.39 is 36.1 Å². The van der Waals surface area contributed by atoms with Gasteiger partial charge in [0.25, 0.3) is 0 Å². The fourth-order valence-corrected chi connectivity index (χ4v) is 1.55. The van der Waals surface area contributed by atoms with Crippen molar-refractivity contribution in [1.82, 2.24) is 15.3 Å². The molecule has 0 aliphatic heterocycles. The lowest BCUT2D eigenvalue weighted by atomic mass is 10.2. The van der Waals surface area contributed by atoms with Crippen LogP contribution in [0.5, 0.6) is 0 Å². The first-order valence-corrected chi connectivity index (χ1v) is 7.54. The number of ketones is 1. The first-order valence-electron chi connectivity index (χ1n) is 6.75. The number of amides is 1. The zero-order valence-electron chi connectivity index (χ0n) is 13.3. The Morgan fingerprint density at radius 1 is 1.26 bits per heavy atom. The number of halogens is 1. The number of esters is 1. The smallest absolute Gasteiger partial charge is 0.408 e. The second-order valence-electron chi connectivity index (χ2n) is 5.64. The molecule has 0 aliphatic carbocycles. The van der Waals surface area contributed by atoms with Crippen molar-refractivity contribution in [3.05, 3.63) is 22.7 Å².